The summed E-state index contributed by atoms with van der Waals surface area (Å²) in [7, 11) is 1.75. The van der Waals surface area contributed by atoms with Crippen LogP contribution >= 0.6 is 0 Å². The van der Waals surface area contributed by atoms with Gasteiger partial charge < -0.3 is 9.84 Å². The van der Waals surface area contributed by atoms with Gasteiger partial charge >= 0.3 is 6.01 Å². The topological polar surface area (TPSA) is 92.9 Å². The van der Waals surface area contributed by atoms with Gasteiger partial charge in [0.25, 0.3) is 5.91 Å². The van der Waals surface area contributed by atoms with Crippen LogP contribution < -0.4 is 10.6 Å². The quantitative estimate of drug-likeness (QED) is 0.823. The second kappa shape index (κ2) is 4.60. The van der Waals surface area contributed by atoms with Crippen LogP contribution in [0.15, 0.2) is 22.9 Å². The Balaban J connectivity index is 2.09. The maximum Gasteiger partial charge on any atom is 0.328 e. The fourth-order valence-corrected chi connectivity index (χ4v) is 1.19. The highest BCUT2D eigenvalue weighted by Gasteiger charge is 2.10. The van der Waals surface area contributed by atoms with E-state index in [0.29, 0.717) is 17.2 Å². The summed E-state index contributed by atoms with van der Waals surface area (Å²) in [6.07, 6.45) is 1.46. The van der Waals surface area contributed by atoms with E-state index < -0.39 is 0 Å². The number of pyridine rings is 1. The zero-order valence-corrected chi connectivity index (χ0v) is 9.39. The number of carbonyl (C=O) groups is 1. The van der Waals surface area contributed by atoms with Crippen LogP contribution in [-0.4, -0.2) is 28.1 Å². The Kier molecular flexibility index (Phi) is 2.99. The van der Waals surface area contributed by atoms with Crippen LogP contribution in [0.5, 0.6) is 0 Å². The summed E-state index contributed by atoms with van der Waals surface area (Å²) in [6.45, 7) is 1.67. The van der Waals surface area contributed by atoms with E-state index in [1.165, 1.54) is 6.20 Å². The molecular formula is C10H11N5O2. The van der Waals surface area contributed by atoms with Crippen LogP contribution in [0.4, 0.5) is 11.8 Å². The van der Waals surface area contributed by atoms with Gasteiger partial charge in [-0.25, -0.2) is 4.98 Å². The summed E-state index contributed by atoms with van der Waals surface area (Å²) in [5.74, 6) is 0.808. The van der Waals surface area contributed by atoms with Crippen molar-refractivity contribution in [2.24, 2.45) is 0 Å². The van der Waals surface area contributed by atoms with Crippen molar-refractivity contribution in [2.75, 3.05) is 17.7 Å². The molecule has 0 atom stereocenters. The van der Waals surface area contributed by atoms with E-state index in [0.717, 1.165) is 0 Å². The molecule has 1 amide bonds. The third kappa shape index (κ3) is 2.57. The molecule has 0 radical (unpaired) electrons. The van der Waals surface area contributed by atoms with E-state index in [1.807, 2.05) is 0 Å². The van der Waals surface area contributed by atoms with Gasteiger partial charge in [-0.15, -0.1) is 0 Å². The third-order valence-corrected chi connectivity index (χ3v) is 2.03. The number of hydrogen-bond acceptors (Lipinski definition) is 6. The first kappa shape index (κ1) is 11.1. The van der Waals surface area contributed by atoms with E-state index in [-0.39, 0.29) is 11.9 Å². The Morgan fingerprint density at radius 1 is 1.41 bits per heavy atom. The molecule has 7 nitrogen and oxygen atoms in total. The molecule has 0 saturated carbocycles. The Hall–Kier alpha value is -2.44. The molecule has 0 aromatic carbocycles. The monoisotopic (exact) mass is 233 g/mol. The molecule has 0 fully saturated rings. The van der Waals surface area contributed by atoms with Crippen molar-refractivity contribution < 1.29 is 9.32 Å². The molecule has 2 rings (SSSR count). The Morgan fingerprint density at radius 2 is 2.24 bits per heavy atom. The number of hydrogen-bond donors (Lipinski definition) is 2. The zero-order chi connectivity index (χ0) is 12.3. The number of rotatable bonds is 3. The Bertz CT molecular complexity index is 520. The number of nitrogens with one attached hydrogen (secondary N) is 2. The normalized spacial score (nSPS) is 10.0. The van der Waals surface area contributed by atoms with Crippen molar-refractivity contribution in [1.29, 1.82) is 0 Å². The van der Waals surface area contributed by atoms with Crippen LogP contribution in [-0.2, 0) is 0 Å². The summed E-state index contributed by atoms with van der Waals surface area (Å²) in [6, 6.07) is 3.43. The zero-order valence-electron chi connectivity index (χ0n) is 9.39. The lowest BCUT2D eigenvalue weighted by Gasteiger charge is -2.01. The van der Waals surface area contributed by atoms with Crippen molar-refractivity contribution in [3.8, 4) is 0 Å². The predicted octanol–water partition coefficient (Wildman–Crippen LogP) is 1.07. The number of anilines is 2. The fourth-order valence-electron chi connectivity index (χ4n) is 1.19. The van der Waals surface area contributed by atoms with Gasteiger partial charge in [-0.2, -0.15) is 4.98 Å². The maximum atomic E-state index is 11.7. The molecule has 2 aromatic rings. The lowest BCUT2D eigenvalue weighted by Crippen LogP contribution is -2.12. The Morgan fingerprint density at radius 3 is 2.76 bits per heavy atom. The molecule has 2 heterocycles. The number of nitrogens with zero attached hydrogens (tertiary/aromatic N) is 3. The van der Waals surface area contributed by atoms with E-state index in [1.54, 1.807) is 26.1 Å². The first-order valence-electron chi connectivity index (χ1n) is 4.94. The van der Waals surface area contributed by atoms with E-state index >= 15 is 0 Å². The molecule has 0 aliphatic rings. The molecule has 0 aliphatic heterocycles. The number of amides is 1. The average Bonchev–Trinajstić information content (AvgIpc) is 2.75. The standard InChI is InChI=1S/C10H11N5O2/c1-6-13-10(17-15-6)14-9(16)7-3-4-8(11-2)12-5-7/h3-5H,1-2H3,(H,11,12)(H,13,14,15,16). The van der Waals surface area contributed by atoms with Crippen LogP contribution in [0.25, 0.3) is 0 Å². The first-order chi connectivity index (χ1) is 8.19. The van der Waals surface area contributed by atoms with Gasteiger partial charge in [0, 0.05) is 13.2 Å². The summed E-state index contributed by atoms with van der Waals surface area (Å²) < 4.78 is 4.78. The first-order valence-corrected chi connectivity index (χ1v) is 4.94. The van der Waals surface area contributed by atoms with E-state index in [9.17, 15) is 4.79 Å². The maximum absolute atomic E-state index is 11.7. The fraction of sp³-hybridized carbons (Fsp3) is 0.200. The third-order valence-electron chi connectivity index (χ3n) is 2.03. The Labute approximate surface area is 97.2 Å². The summed E-state index contributed by atoms with van der Waals surface area (Å²) in [5.41, 5.74) is 0.417. The molecule has 0 saturated heterocycles. The predicted molar refractivity (Wildman–Crippen MR) is 60.8 cm³/mol. The molecule has 7 heteroatoms. The molecule has 88 valence electrons. The van der Waals surface area contributed by atoms with E-state index in [2.05, 4.69) is 25.8 Å². The van der Waals surface area contributed by atoms with Crippen molar-refractivity contribution >= 4 is 17.7 Å². The van der Waals surface area contributed by atoms with Crippen LogP contribution in [0.3, 0.4) is 0 Å². The van der Waals surface area contributed by atoms with Gasteiger partial charge in [-0.05, 0) is 19.1 Å². The lowest BCUT2D eigenvalue weighted by atomic mass is 10.2. The molecule has 0 bridgehead atoms. The summed E-state index contributed by atoms with van der Waals surface area (Å²) in [5, 5.41) is 8.90. The molecule has 2 N–H and O–H groups in total. The number of carbonyl (C=O) groups excluding carboxylic acids is 1. The van der Waals surface area contributed by atoms with Crippen molar-refractivity contribution in [3.05, 3.63) is 29.7 Å². The highest BCUT2D eigenvalue weighted by Crippen LogP contribution is 2.08. The van der Waals surface area contributed by atoms with Crippen molar-refractivity contribution in [1.82, 2.24) is 15.1 Å². The van der Waals surface area contributed by atoms with Crippen LogP contribution in [0, 0.1) is 6.92 Å². The second-order valence-corrected chi connectivity index (χ2v) is 3.28. The van der Waals surface area contributed by atoms with Gasteiger partial charge in [0.1, 0.15) is 5.82 Å². The molecule has 0 unspecified atom stereocenters. The largest absolute Gasteiger partial charge is 0.373 e. The minimum Gasteiger partial charge on any atom is -0.373 e. The van der Waals surface area contributed by atoms with Gasteiger partial charge in [-0.3, -0.25) is 10.1 Å². The second-order valence-electron chi connectivity index (χ2n) is 3.28. The van der Waals surface area contributed by atoms with Crippen LogP contribution in [0.2, 0.25) is 0 Å². The molecule has 2 aromatic heterocycles. The summed E-state index contributed by atoms with van der Waals surface area (Å²) >= 11 is 0. The molecule has 17 heavy (non-hydrogen) atoms. The van der Waals surface area contributed by atoms with Crippen LogP contribution in [0.1, 0.15) is 16.2 Å². The van der Waals surface area contributed by atoms with Crippen molar-refractivity contribution in [3.63, 3.8) is 0 Å². The lowest BCUT2D eigenvalue weighted by molar-refractivity contribution is 0.102. The highest BCUT2D eigenvalue weighted by atomic mass is 16.5. The minimum absolute atomic E-state index is 0.0743. The number of aryl methyl sites for hydroxylation is 1. The van der Waals surface area contributed by atoms with Gasteiger partial charge in [-0.1, -0.05) is 5.16 Å². The van der Waals surface area contributed by atoms with Gasteiger partial charge in [0.15, 0.2) is 5.82 Å². The number of aromatic nitrogens is 3. The molecular weight excluding hydrogens is 222 g/mol. The highest BCUT2D eigenvalue weighted by molar-refractivity contribution is 6.02. The van der Waals surface area contributed by atoms with Gasteiger partial charge in [0.2, 0.25) is 0 Å². The average molecular weight is 233 g/mol. The van der Waals surface area contributed by atoms with Crippen molar-refractivity contribution in [2.45, 2.75) is 6.92 Å². The molecule has 0 aliphatic carbocycles. The summed E-state index contributed by atoms with van der Waals surface area (Å²) in [4.78, 5) is 19.6. The van der Waals surface area contributed by atoms with Gasteiger partial charge in [0.05, 0.1) is 5.56 Å². The SMILES string of the molecule is CNc1ccc(C(=O)Nc2nc(C)no2)cn1. The smallest absolute Gasteiger partial charge is 0.328 e. The van der Waals surface area contributed by atoms with E-state index in [4.69, 9.17) is 4.52 Å². The minimum atomic E-state index is -0.344. The molecule has 0 spiro atoms.